The van der Waals surface area contributed by atoms with Gasteiger partial charge < -0.3 is 13.3 Å². The number of rotatable bonds is 3. The van der Waals surface area contributed by atoms with Crippen molar-refractivity contribution in [3.8, 4) is 0 Å². The van der Waals surface area contributed by atoms with Crippen molar-refractivity contribution >= 4 is 8.80 Å². The Balaban J connectivity index is 0. The lowest BCUT2D eigenvalue weighted by Crippen LogP contribution is -2.38. The molecule has 0 unspecified atom stereocenters. The zero-order chi connectivity index (χ0) is 6.62. The molecule has 0 spiro atoms. The van der Waals surface area contributed by atoms with Gasteiger partial charge in [-0.25, -0.2) is 0 Å². The van der Waals surface area contributed by atoms with Crippen molar-refractivity contribution in [3.05, 3.63) is 0 Å². The number of hydrogen-bond acceptors (Lipinski definition) is 3. The summed E-state index contributed by atoms with van der Waals surface area (Å²) < 4.78 is 14.8. The van der Waals surface area contributed by atoms with Crippen LogP contribution in [0.15, 0.2) is 0 Å². The Morgan fingerprint density at radius 2 is 1.11 bits per heavy atom. The Bertz CT molecular complexity index is 55.0. The molecular formula is C5H16O3Si. The fourth-order valence-corrected chi connectivity index (χ4v) is 0.750. The van der Waals surface area contributed by atoms with Crippen molar-refractivity contribution in [2.75, 3.05) is 21.3 Å². The van der Waals surface area contributed by atoms with Crippen LogP contribution in [-0.4, -0.2) is 30.1 Å². The predicted octanol–water partition coefficient (Wildman–Crippen LogP) is 1.13. The topological polar surface area (TPSA) is 27.7 Å². The summed E-state index contributed by atoms with van der Waals surface area (Å²) in [5, 5.41) is 0. The van der Waals surface area contributed by atoms with Crippen LogP contribution in [0.25, 0.3) is 0 Å². The third kappa shape index (κ3) is 3.64. The molecule has 0 atom stereocenters. The Labute approximate surface area is 58.3 Å². The minimum absolute atomic E-state index is 0. The summed E-state index contributed by atoms with van der Waals surface area (Å²) in [7, 11) is 2.58. The molecule has 0 aliphatic heterocycles. The number of hydrogen-bond donors (Lipinski definition) is 0. The average molecular weight is 152 g/mol. The monoisotopic (exact) mass is 152 g/mol. The first-order chi connectivity index (χ1) is 3.68. The summed E-state index contributed by atoms with van der Waals surface area (Å²) in [5.41, 5.74) is 0. The van der Waals surface area contributed by atoms with Crippen LogP contribution in [0.3, 0.4) is 0 Å². The van der Waals surface area contributed by atoms with E-state index in [2.05, 4.69) is 0 Å². The van der Waals surface area contributed by atoms with E-state index in [0.717, 1.165) is 0 Å². The zero-order valence-electron chi connectivity index (χ0n) is 5.72. The van der Waals surface area contributed by atoms with Crippen molar-refractivity contribution in [2.24, 2.45) is 0 Å². The Morgan fingerprint density at radius 1 is 0.889 bits per heavy atom. The molecule has 0 N–H and O–H groups in total. The van der Waals surface area contributed by atoms with Gasteiger partial charge in [-0.1, -0.05) is 7.43 Å². The van der Waals surface area contributed by atoms with Crippen molar-refractivity contribution in [1.82, 2.24) is 0 Å². The first-order valence-corrected chi connectivity index (χ1v) is 4.56. The molecular weight excluding hydrogens is 136 g/mol. The average Bonchev–Trinajstić information content (AvgIpc) is 1.87. The largest absolute Gasteiger partial charge is 0.496 e. The molecule has 0 radical (unpaired) electrons. The molecule has 0 aliphatic carbocycles. The van der Waals surface area contributed by atoms with Gasteiger partial charge in [0.1, 0.15) is 0 Å². The van der Waals surface area contributed by atoms with Crippen LogP contribution in [0, 0.1) is 0 Å². The van der Waals surface area contributed by atoms with Gasteiger partial charge in [-0.15, -0.1) is 0 Å². The molecule has 0 aromatic heterocycles. The molecule has 0 aromatic carbocycles. The van der Waals surface area contributed by atoms with Crippen LogP contribution >= 0.6 is 0 Å². The highest BCUT2D eigenvalue weighted by Gasteiger charge is 2.29. The van der Waals surface area contributed by atoms with Crippen LogP contribution in [0.5, 0.6) is 0 Å². The van der Waals surface area contributed by atoms with E-state index in [4.69, 9.17) is 13.3 Å². The summed E-state index contributed by atoms with van der Waals surface area (Å²) in [6.45, 7) is 1.83. The van der Waals surface area contributed by atoms with Gasteiger partial charge in [-0.3, -0.25) is 0 Å². The molecule has 9 heavy (non-hydrogen) atoms. The van der Waals surface area contributed by atoms with E-state index >= 15 is 0 Å². The van der Waals surface area contributed by atoms with Crippen molar-refractivity contribution in [2.45, 2.75) is 14.0 Å². The maximum atomic E-state index is 4.93. The smallest absolute Gasteiger partial charge is 0.377 e. The summed E-state index contributed by atoms with van der Waals surface area (Å²) >= 11 is 0. The Morgan fingerprint density at radius 3 is 1.11 bits per heavy atom. The molecule has 0 fully saturated rings. The second-order valence-electron chi connectivity index (χ2n) is 1.47. The lowest BCUT2D eigenvalue weighted by atomic mass is 11.8. The lowest BCUT2D eigenvalue weighted by molar-refractivity contribution is 0.132. The summed E-state index contributed by atoms with van der Waals surface area (Å²) in [4.78, 5) is 0. The van der Waals surface area contributed by atoms with Crippen molar-refractivity contribution in [3.63, 3.8) is 0 Å². The van der Waals surface area contributed by atoms with E-state index in [1.54, 1.807) is 21.3 Å². The van der Waals surface area contributed by atoms with E-state index in [1.165, 1.54) is 0 Å². The fourth-order valence-electron chi connectivity index (χ4n) is 0.250. The highest BCUT2D eigenvalue weighted by molar-refractivity contribution is 6.58. The van der Waals surface area contributed by atoms with Crippen molar-refractivity contribution < 1.29 is 13.3 Å². The second-order valence-corrected chi connectivity index (χ2v) is 4.42. The highest BCUT2D eigenvalue weighted by atomic mass is 28.4. The molecule has 0 saturated heterocycles. The van der Waals surface area contributed by atoms with E-state index in [1.807, 2.05) is 6.55 Å². The van der Waals surface area contributed by atoms with Gasteiger partial charge in [0.15, 0.2) is 0 Å². The van der Waals surface area contributed by atoms with Gasteiger partial charge in [0.25, 0.3) is 0 Å². The zero-order valence-corrected chi connectivity index (χ0v) is 6.72. The molecule has 0 heterocycles. The van der Waals surface area contributed by atoms with E-state index < -0.39 is 8.80 Å². The third-order valence-corrected chi connectivity index (χ3v) is 3.34. The maximum absolute atomic E-state index is 4.93. The van der Waals surface area contributed by atoms with Gasteiger partial charge in [0.2, 0.25) is 0 Å². The Kier molecular flexibility index (Phi) is 6.48. The van der Waals surface area contributed by atoms with Gasteiger partial charge in [-0.2, -0.15) is 0 Å². The summed E-state index contributed by atoms with van der Waals surface area (Å²) in [6, 6.07) is 0. The van der Waals surface area contributed by atoms with Gasteiger partial charge in [0, 0.05) is 27.9 Å². The molecule has 4 heteroatoms. The summed E-state index contributed by atoms with van der Waals surface area (Å²) in [5.74, 6) is 0. The van der Waals surface area contributed by atoms with Crippen molar-refractivity contribution in [1.29, 1.82) is 0 Å². The van der Waals surface area contributed by atoms with Crippen LogP contribution < -0.4 is 0 Å². The highest BCUT2D eigenvalue weighted by Crippen LogP contribution is 2.02. The molecule has 0 saturated carbocycles. The first-order valence-electron chi connectivity index (χ1n) is 2.34. The SMILES string of the molecule is C.CO[Si](C)(OC)OC. The van der Waals surface area contributed by atoms with Crippen LogP contribution in [0.4, 0.5) is 0 Å². The standard InChI is InChI=1S/C4H12O3Si.CH4/c1-5-8(4,6-2)7-3;/h1-4H3;1H4. The normalized spacial score (nSPS) is 10.7. The van der Waals surface area contributed by atoms with Crippen LogP contribution in [0.2, 0.25) is 6.55 Å². The van der Waals surface area contributed by atoms with Gasteiger partial charge in [0.05, 0.1) is 0 Å². The quantitative estimate of drug-likeness (QED) is 0.567. The fraction of sp³-hybridized carbons (Fsp3) is 1.00. The van der Waals surface area contributed by atoms with Crippen LogP contribution in [0.1, 0.15) is 7.43 Å². The minimum atomic E-state index is -2.17. The van der Waals surface area contributed by atoms with Crippen LogP contribution in [-0.2, 0) is 13.3 Å². The summed E-state index contributed by atoms with van der Waals surface area (Å²) in [6.07, 6.45) is 0. The van der Waals surface area contributed by atoms with E-state index in [-0.39, 0.29) is 7.43 Å². The molecule has 0 aromatic rings. The molecule has 0 bridgehead atoms. The minimum Gasteiger partial charge on any atom is -0.377 e. The first kappa shape index (κ1) is 11.8. The Hall–Kier alpha value is 0.0969. The lowest BCUT2D eigenvalue weighted by Gasteiger charge is -2.18. The molecule has 0 rings (SSSR count). The van der Waals surface area contributed by atoms with Gasteiger partial charge in [-0.05, 0) is 0 Å². The second kappa shape index (κ2) is 4.93. The molecule has 0 amide bonds. The van der Waals surface area contributed by atoms with E-state index in [0.29, 0.717) is 0 Å². The van der Waals surface area contributed by atoms with E-state index in [9.17, 15) is 0 Å². The molecule has 0 aliphatic rings. The predicted molar refractivity (Wildman–Crippen MR) is 39.4 cm³/mol. The maximum Gasteiger partial charge on any atom is 0.496 e. The molecule has 58 valence electrons. The third-order valence-electron chi connectivity index (χ3n) is 1.11. The molecule has 3 nitrogen and oxygen atoms in total. The van der Waals surface area contributed by atoms with Gasteiger partial charge >= 0.3 is 8.80 Å².